The zero-order valence-corrected chi connectivity index (χ0v) is 22.2. The molecule has 0 aliphatic heterocycles. The lowest BCUT2D eigenvalue weighted by Gasteiger charge is -2.17. The Morgan fingerprint density at radius 1 is 0.469 bits per heavy atom. The molecule has 0 radical (unpaired) electrons. The van der Waals surface area contributed by atoms with Crippen LogP contribution in [0.4, 0.5) is 0 Å². The fourth-order valence-electron chi connectivity index (χ4n) is 3.72. The van der Waals surface area contributed by atoms with Crippen LogP contribution >= 0.6 is 0 Å². The molecule has 0 saturated carbocycles. The van der Waals surface area contributed by atoms with E-state index in [1.165, 1.54) is 89.9 Å². The van der Waals surface area contributed by atoms with E-state index in [1.54, 1.807) is 7.11 Å². The third-order valence-electron chi connectivity index (χ3n) is 5.80. The summed E-state index contributed by atoms with van der Waals surface area (Å²) < 4.78 is 23.1. The molecule has 0 spiro atoms. The topological polar surface area (TPSA) is 36.9 Å². The summed E-state index contributed by atoms with van der Waals surface area (Å²) in [6.45, 7) is 8.36. The monoisotopic (exact) mass is 456 g/mol. The normalized spacial score (nSPS) is 12.0. The smallest absolute Gasteiger partial charge is 0.321 e. The minimum Gasteiger partial charge on any atom is -0.491 e. The molecule has 0 aliphatic rings. The van der Waals surface area contributed by atoms with Crippen molar-refractivity contribution in [3.05, 3.63) is 11.7 Å². The van der Waals surface area contributed by atoms with Gasteiger partial charge in [0, 0.05) is 13.5 Å². The van der Waals surface area contributed by atoms with E-state index in [9.17, 15) is 0 Å². The molecule has 0 rings (SSSR count). The van der Waals surface area contributed by atoms with Gasteiger partial charge in [-0.05, 0) is 19.3 Å². The minimum atomic E-state index is 0.198. The quantitative estimate of drug-likeness (QED) is 0.0738. The van der Waals surface area contributed by atoms with Gasteiger partial charge in [0.2, 0.25) is 0 Å². The fourth-order valence-corrected chi connectivity index (χ4v) is 3.72. The van der Waals surface area contributed by atoms with E-state index in [1.807, 2.05) is 0 Å². The molecule has 0 unspecified atom stereocenters. The van der Waals surface area contributed by atoms with Gasteiger partial charge >= 0.3 is 5.95 Å². The average molecular weight is 457 g/mol. The lowest BCUT2D eigenvalue weighted by Crippen LogP contribution is -2.09. The summed E-state index contributed by atoms with van der Waals surface area (Å²) in [6.07, 6.45) is 23.8. The Labute approximate surface area is 200 Å². The van der Waals surface area contributed by atoms with Crippen LogP contribution in [0.2, 0.25) is 0 Å². The van der Waals surface area contributed by atoms with Gasteiger partial charge in [-0.3, -0.25) is 0 Å². The maximum absolute atomic E-state index is 6.16. The van der Waals surface area contributed by atoms with Gasteiger partial charge < -0.3 is 18.9 Å². The first-order valence-electron chi connectivity index (χ1n) is 13.9. The first-order chi connectivity index (χ1) is 15.8. The highest BCUT2D eigenvalue weighted by Crippen LogP contribution is 2.19. The third kappa shape index (κ3) is 21.0. The maximum Gasteiger partial charge on any atom is 0.321 e. The average Bonchev–Trinajstić information content (AvgIpc) is 2.81. The molecule has 0 aromatic heterocycles. The Morgan fingerprint density at radius 2 is 0.906 bits per heavy atom. The van der Waals surface area contributed by atoms with Crippen LogP contribution in [0.15, 0.2) is 11.7 Å². The molecule has 0 aliphatic carbocycles. The summed E-state index contributed by atoms with van der Waals surface area (Å²) in [6, 6.07) is 0. The number of methoxy groups -OCH3 is 1. The second-order valence-electron chi connectivity index (χ2n) is 9.01. The summed E-state index contributed by atoms with van der Waals surface area (Å²) in [4.78, 5) is 0. The van der Waals surface area contributed by atoms with E-state index in [0.29, 0.717) is 12.6 Å². The molecule has 192 valence electrons. The number of allylic oxidation sites excluding steroid dienone is 1. The lowest BCUT2D eigenvalue weighted by molar-refractivity contribution is -0.0692. The van der Waals surface area contributed by atoms with Gasteiger partial charge in [0.1, 0.15) is 0 Å². The SMILES string of the molecule is CCCCCCCCCCOC(CCCC)=C(OCCCCCCCCCC)OCOC. The van der Waals surface area contributed by atoms with Gasteiger partial charge in [-0.15, -0.1) is 0 Å². The Kier molecular flexibility index (Phi) is 25.6. The van der Waals surface area contributed by atoms with E-state index in [2.05, 4.69) is 20.8 Å². The predicted octanol–water partition coefficient (Wildman–Crippen LogP) is 9.28. The van der Waals surface area contributed by atoms with Gasteiger partial charge in [0.15, 0.2) is 12.6 Å². The Morgan fingerprint density at radius 3 is 1.38 bits per heavy atom. The largest absolute Gasteiger partial charge is 0.491 e. The van der Waals surface area contributed by atoms with Crippen molar-refractivity contribution in [2.24, 2.45) is 0 Å². The van der Waals surface area contributed by atoms with Crippen LogP contribution in [0.25, 0.3) is 0 Å². The molecular formula is C28H56O4. The van der Waals surface area contributed by atoms with Crippen molar-refractivity contribution >= 4 is 0 Å². The zero-order chi connectivity index (χ0) is 23.5. The molecule has 0 aromatic carbocycles. The van der Waals surface area contributed by atoms with Crippen LogP contribution in [-0.4, -0.2) is 27.1 Å². The van der Waals surface area contributed by atoms with E-state index >= 15 is 0 Å². The van der Waals surface area contributed by atoms with Crippen LogP contribution in [0.1, 0.15) is 143 Å². The number of unbranched alkanes of at least 4 members (excludes halogenated alkanes) is 15. The fraction of sp³-hybridized carbons (Fsp3) is 0.929. The van der Waals surface area contributed by atoms with Gasteiger partial charge in [-0.2, -0.15) is 0 Å². The Bertz CT molecular complexity index is 359. The molecule has 0 atom stereocenters. The summed E-state index contributed by atoms with van der Waals surface area (Å²) in [5.41, 5.74) is 0. The Hall–Kier alpha value is -0.900. The molecule has 0 amide bonds. The molecule has 4 nitrogen and oxygen atoms in total. The molecule has 4 heteroatoms. The van der Waals surface area contributed by atoms with E-state index in [0.717, 1.165) is 44.5 Å². The molecule has 0 bridgehead atoms. The highest BCUT2D eigenvalue weighted by Gasteiger charge is 2.12. The molecule has 0 fully saturated rings. The predicted molar refractivity (Wildman–Crippen MR) is 137 cm³/mol. The summed E-state index contributed by atoms with van der Waals surface area (Å²) in [5.74, 6) is 1.41. The van der Waals surface area contributed by atoms with Crippen molar-refractivity contribution in [1.29, 1.82) is 0 Å². The maximum atomic E-state index is 6.16. The van der Waals surface area contributed by atoms with Crippen LogP contribution in [0.5, 0.6) is 0 Å². The third-order valence-corrected chi connectivity index (χ3v) is 5.80. The van der Waals surface area contributed by atoms with Crippen LogP contribution < -0.4 is 0 Å². The minimum absolute atomic E-state index is 0.198. The summed E-state index contributed by atoms with van der Waals surface area (Å²) in [5, 5.41) is 0. The first-order valence-corrected chi connectivity index (χ1v) is 13.9. The van der Waals surface area contributed by atoms with Crippen LogP contribution in [0, 0.1) is 0 Å². The van der Waals surface area contributed by atoms with Crippen molar-refractivity contribution < 1.29 is 18.9 Å². The van der Waals surface area contributed by atoms with Gasteiger partial charge in [-0.25, -0.2) is 0 Å². The second-order valence-corrected chi connectivity index (χ2v) is 9.01. The number of ether oxygens (including phenoxy) is 4. The molecular weight excluding hydrogens is 400 g/mol. The van der Waals surface area contributed by atoms with Crippen molar-refractivity contribution in [2.45, 2.75) is 143 Å². The molecule has 0 N–H and O–H groups in total. The first kappa shape index (κ1) is 31.1. The molecule has 32 heavy (non-hydrogen) atoms. The number of hydrogen-bond donors (Lipinski definition) is 0. The van der Waals surface area contributed by atoms with Gasteiger partial charge in [-0.1, -0.05) is 117 Å². The van der Waals surface area contributed by atoms with Crippen molar-refractivity contribution in [1.82, 2.24) is 0 Å². The molecule has 0 aromatic rings. The highest BCUT2D eigenvalue weighted by atomic mass is 16.7. The molecule has 0 saturated heterocycles. The lowest BCUT2D eigenvalue weighted by atomic mass is 10.1. The van der Waals surface area contributed by atoms with Gasteiger partial charge in [0.25, 0.3) is 0 Å². The standard InChI is InChI=1S/C28H56O4/c1-5-8-11-13-15-17-19-21-24-30-27(23-10-7-3)28(32-26-29-4)31-25-22-20-18-16-14-12-9-6-2/h5-26H2,1-4H3. The highest BCUT2D eigenvalue weighted by molar-refractivity contribution is 4.95. The van der Waals surface area contributed by atoms with E-state index in [4.69, 9.17) is 18.9 Å². The van der Waals surface area contributed by atoms with E-state index in [-0.39, 0.29) is 6.79 Å². The van der Waals surface area contributed by atoms with Crippen LogP contribution in [0.3, 0.4) is 0 Å². The van der Waals surface area contributed by atoms with Crippen molar-refractivity contribution in [3.63, 3.8) is 0 Å². The Balaban J connectivity index is 4.31. The van der Waals surface area contributed by atoms with Crippen molar-refractivity contribution in [3.8, 4) is 0 Å². The van der Waals surface area contributed by atoms with Gasteiger partial charge in [0.05, 0.1) is 13.2 Å². The van der Waals surface area contributed by atoms with Crippen molar-refractivity contribution in [2.75, 3.05) is 27.1 Å². The number of rotatable bonds is 26. The van der Waals surface area contributed by atoms with Crippen LogP contribution in [-0.2, 0) is 18.9 Å². The molecule has 0 heterocycles. The van der Waals surface area contributed by atoms with E-state index < -0.39 is 0 Å². The second kappa shape index (κ2) is 26.4. The number of hydrogen-bond acceptors (Lipinski definition) is 4. The summed E-state index contributed by atoms with van der Waals surface area (Å²) in [7, 11) is 1.64. The summed E-state index contributed by atoms with van der Waals surface area (Å²) >= 11 is 0. The zero-order valence-electron chi connectivity index (χ0n) is 22.2.